The number of hydrogen-bond donors (Lipinski definition) is 2. The number of hydrogen-bond acceptors (Lipinski definition) is 4. The quantitative estimate of drug-likeness (QED) is 0.840. The number of carbonyl (C=O) groups excluding carboxylic acids is 1. The number of amides is 1. The summed E-state index contributed by atoms with van der Waals surface area (Å²) in [5.74, 6) is -0.271. The molecule has 1 aromatic rings. The van der Waals surface area contributed by atoms with E-state index in [1.165, 1.54) is 4.90 Å². The smallest absolute Gasteiger partial charge is 0.259 e. The average Bonchev–Trinajstić information content (AvgIpc) is 2.32. The van der Waals surface area contributed by atoms with Crippen LogP contribution in [0.5, 0.6) is 0 Å². The molecule has 0 aliphatic carbocycles. The number of rotatable bonds is 2. The van der Waals surface area contributed by atoms with Crippen LogP contribution in [0.3, 0.4) is 0 Å². The Morgan fingerprint density at radius 3 is 2.82 bits per heavy atom. The first-order valence-corrected chi connectivity index (χ1v) is 5.98. The minimum atomic E-state index is -1.04. The van der Waals surface area contributed by atoms with E-state index in [1.807, 2.05) is 0 Å². The molecule has 6 heteroatoms. The molecule has 1 aromatic carbocycles. The van der Waals surface area contributed by atoms with Gasteiger partial charge in [-0.1, -0.05) is 15.9 Å². The molecule has 1 atom stereocenters. The lowest BCUT2D eigenvalue weighted by molar-refractivity contribution is -0.00190. The van der Waals surface area contributed by atoms with Crippen LogP contribution in [-0.2, 0) is 0 Å². The van der Waals surface area contributed by atoms with Gasteiger partial charge in [-0.15, -0.1) is 0 Å². The molecule has 0 bridgehead atoms. The van der Waals surface area contributed by atoms with Gasteiger partial charge in [-0.05, 0) is 18.2 Å². The van der Waals surface area contributed by atoms with Gasteiger partial charge in [-0.3, -0.25) is 9.69 Å². The number of aliphatic hydroxyl groups is 2. The second-order valence-corrected chi connectivity index (χ2v) is 4.76. The molecule has 2 rings (SSSR count). The number of β-amino-alcohol motifs (C(OH)–C–C–N with tert-alkyl or cyclic N) is 1. The lowest BCUT2D eigenvalue weighted by atomic mass is 10.1. The third-order valence-corrected chi connectivity index (χ3v) is 3.29. The molecule has 0 aromatic heterocycles. The maximum absolute atomic E-state index is 12.1. The number of nitrogens with zero attached hydrogens (tertiary/aromatic N) is 2. The predicted octanol–water partition coefficient (Wildman–Crippen LogP) is 0.609. The second-order valence-electron chi connectivity index (χ2n) is 3.84. The maximum Gasteiger partial charge on any atom is 0.259 e. The van der Waals surface area contributed by atoms with Crippen LogP contribution in [0.15, 0.2) is 22.7 Å². The highest BCUT2D eigenvalue weighted by molar-refractivity contribution is 9.10. The van der Waals surface area contributed by atoms with Gasteiger partial charge in [0.25, 0.3) is 5.91 Å². The Balaban J connectivity index is 2.47. The molecule has 1 heterocycles. The van der Waals surface area contributed by atoms with Crippen LogP contribution < -0.4 is 4.90 Å². The summed E-state index contributed by atoms with van der Waals surface area (Å²) < 4.78 is 0.846. The summed E-state index contributed by atoms with van der Waals surface area (Å²) in [6.07, 6.45) is -1.04. The first kappa shape index (κ1) is 12.3. The van der Waals surface area contributed by atoms with Gasteiger partial charge in [0.2, 0.25) is 6.35 Å². The van der Waals surface area contributed by atoms with Crippen LogP contribution in [0.1, 0.15) is 10.4 Å². The molecular formula is C11H13BrN2O3. The Hall–Kier alpha value is -1.11. The highest BCUT2D eigenvalue weighted by atomic mass is 79.9. The number of anilines is 1. The summed E-state index contributed by atoms with van der Waals surface area (Å²) in [6.45, 7) is -0.0671. The van der Waals surface area contributed by atoms with Crippen molar-refractivity contribution >= 4 is 27.5 Å². The Labute approximate surface area is 107 Å². The maximum atomic E-state index is 12.1. The van der Waals surface area contributed by atoms with E-state index in [4.69, 9.17) is 5.11 Å². The second kappa shape index (κ2) is 4.64. The number of aliphatic hydroxyl groups excluding tert-OH is 2. The molecule has 2 N–H and O–H groups in total. The van der Waals surface area contributed by atoms with Gasteiger partial charge in [0.1, 0.15) is 0 Å². The standard InChI is InChI=1S/C11H13BrN2O3/c1-13-9-6-7(12)2-3-8(9)10(16)14(4-5-15)11(13)17/h2-3,6,11,15,17H,4-5H2,1H3. The molecule has 1 unspecified atom stereocenters. The molecule has 5 nitrogen and oxygen atoms in total. The summed E-state index contributed by atoms with van der Waals surface area (Å²) >= 11 is 3.33. The molecule has 0 radical (unpaired) electrons. The molecule has 0 saturated carbocycles. The summed E-state index contributed by atoms with van der Waals surface area (Å²) in [5.41, 5.74) is 1.19. The van der Waals surface area contributed by atoms with Crippen molar-refractivity contribution in [1.82, 2.24) is 4.90 Å². The van der Waals surface area contributed by atoms with E-state index in [-0.39, 0.29) is 19.1 Å². The van der Waals surface area contributed by atoms with Gasteiger partial charge in [0, 0.05) is 18.1 Å². The van der Waals surface area contributed by atoms with Crippen molar-refractivity contribution in [2.24, 2.45) is 0 Å². The molecule has 17 heavy (non-hydrogen) atoms. The molecular weight excluding hydrogens is 288 g/mol. The minimum Gasteiger partial charge on any atom is -0.395 e. The highest BCUT2D eigenvalue weighted by Gasteiger charge is 2.34. The Morgan fingerprint density at radius 2 is 2.18 bits per heavy atom. The first-order valence-electron chi connectivity index (χ1n) is 5.18. The number of carbonyl (C=O) groups is 1. The first-order chi connectivity index (χ1) is 8.06. The van der Waals surface area contributed by atoms with Gasteiger partial charge in [-0.25, -0.2) is 0 Å². The van der Waals surface area contributed by atoms with Gasteiger partial charge in [0.05, 0.1) is 17.9 Å². The lowest BCUT2D eigenvalue weighted by Crippen LogP contribution is -2.54. The fourth-order valence-corrected chi connectivity index (χ4v) is 2.24. The van der Waals surface area contributed by atoms with Crippen LogP contribution in [-0.4, -0.2) is 47.6 Å². The lowest BCUT2D eigenvalue weighted by Gasteiger charge is -2.40. The third kappa shape index (κ3) is 2.03. The molecule has 0 spiro atoms. The SMILES string of the molecule is CN1c2cc(Br)ccc2C(=O)N(CCO)C1O. The molecule has 0 fully saturated rings. The minimum absolute atomic E-state index is 0.111. The fourth-order valence-electron chi connectivity index (χ4n) is 1.90. The summed E-state index contributed by atoms with van der Waals surface area (Å²) in [6, 6.07) is 5.26. The monoisotopic (exact) mass is 300 g/mol. The number of fused-ring (bicyclic) bond motifs is 1. The van der Waals surface area contributed by atoms with E-state index in [2.05, 4.69) is 15.9 Å². The van der Waals surface area contributed by atoms with Gasteiger partial charge < -0.3 is 15.1 Å². The largest absolute Gasteiger partial charge is 0.395 e. The normalized spacial score (nSPS) is 19.5. The highest BCUT2D eigenvalue weighted by Crippen LogP contribution is 2.31. The fraction of sp³-hybridized carbons (Fsp3) is 0.364. The van der Waals surface area contributed by atoms with Crippen molar-refractivity contribution in [2.75, 3.05) is 25.1 Å². The molecule has 0 saturated heterocycles. The third-order valence-electron chi connectivity index (χ3n) is 2.80. The average molecular weight is 301 g/mol. The van der Waals surface area contributed by atoms with E-state index in [9.17, 15) is 9.90 Å². The van der Waals surface area contributed by atoms with Crippen LogP contribution in [0.25, 0.3) is 0 Å². The van der Waals surface area contributed by atoms with E-state index in [1.54, 1.807) is 30.1 Å². The van der Waals surface area contributed by atoms with Gasteiger partial charge in [-0.2, -0.15) is 0 Å². The van der Waals surface area contributed by atoms with Crippen molar-refractivity contribution in [3.05, 3.63) is 28.2 Å². The van der Waals surface area contributed by atoms with Crippen LogP contribution in [0.2, 0.25) is 0 Å². The Bertz CT molecular complexity index is 452. The molecule has 1 aliphatic heterocycles. The number of benzene rings is 1. The van der Waals surface area contributed by atoms with Crippen molar-refractivity contribution < 1.29 is 15.0 Å². The zero-order valence-corrected chi connectivity index (χ0v) is 10.9. The number of halogens is 1. The summed E-state index contributed by atoms with van der Waals surface area (Å²) in [4.78, 5) is 14.9. The van der Waals surface area contributed by atoms with Crippen molar-refractivity contribution in [2.45, 2.75) is 6.35 Å². The molecule has 92 valence electrons. The zero-order chi connectivity index (χ0) is 12.6. The van der Waals surface area contributed by atoms with E-state index < -0.39 is 6.35 Å². The van der Waals surface area contributed by atoms with Crippen molar-refractivity contribution in [3.8, 4) is 0 Å². The summed E-state index contributed by atoms with van der Waals surface area (Å²) in [5, 5.41) is 18.9. The van der Waals surface area contributed by atoms with Crippen molar-refractivity contribution in [1.29, 1.82) is 0 Å². The van der Waals surface area contributed by atoms with Crippen LogP contribution >= 0.6 is 15.9 Å². The van der Waals surface area contributed by atoms with Gasteiger partial charge in [0.15, 0.2) is 0 Å². The predicted molar refractivity (Wildman–Crippen MR) is 66.7 cm³/mol. The van der Waals surface area contributed by atoms with Crippen LogP contribution in [0.4, 0.5) is 5.69 Å². The topological polar surface area (TPSA) is 64.0 Å². The van der Waals surface area contributed by atoms with Gasteiger partial charge >= 0.3 is 0 Å². The van der Waals surface area contributed by atoms with E-state index in [0.717, 1.165) is 4.47 Å². The van der Waals surface area contributed by atoms with Crippen LogP contribution in [0, 0.1) is 0 Å². The Morgan fingerprint density at radius 1 is 1.47 bits per heavy atom. The molecule has 1 amide bonds. The van der Waals surface area contributed by atoms with E-state index >= 15 is 0 Å². The molecule has 1 aliphatic rings. The zero-order valence-electron chi connectivity index (χ0n) is 9.30. The Kier molecular flexibility index (Phi) is 3.37. The summed E-state index contributed by atoms with van der Waals surface area (Å²) in [7, 11) is 1.70. The van der Waals surface area contributed by atoms with E-state index in [0.29, 0.717) is 11.3 Å². The van der Waals surface area contributed by atoms with Crippen molar-refractivity contribution in [3.63, 3.8) is 0 Å².